The second-order valence-corrected chi connectivity index (χ2v) is 4.80. The molecule has 0 spiro atoms. The van der Waals surface area contributed by atoms with E-state index in [2.05, 4.69) is 5.32 Å². The van der Waals surface area contributed by atoms with Crippen LogP contribution in [0.3, 0.4) is 0 Å². The predicted molar refractivity (Wildman–Crippen MR) is 65.5 cm³/mol. The van der Waals surface area contributed by atoms with Gasteiger partial charge in [0.05, 0.1) is 0 Å². The van der Waals surface area contributed by atoms with Gasteiger partial charge >= 0.3 is 5.97 Å². The Morgan fingerprint density at radius 2 is 2.06 bits per heavy atom. The summed E-state index contributed by atoms with van der Waals surface area (Å²) < 4.78 is 0. The molecular weight excluding hydrogens is 202 g/mol. The topological polar surface area (TPSA) is 49.3 Å². The maximum Gasteiger partial charge on any atom is 0.328 e. The zero-order chi connectivity index (χ0) is 11.8. The smallest absolute Gasteiger partial charge is 0.328 e. The van der Waals surface area contributed by atoms with Crippen LogP contribution in [-0.4, -0.2) is 24.2 Å². The number of hydrogen-bond donors (Lipinski definition) is 2. The summed E-state index contributed by atoms with van der Waals surface area (Å²) in [4.78, 5) is 10.4. The van der Waals surface area contributed by atoms with Crippen molar-refractivity contribution in [2.75, 3.05) is 13.1 Å². The van der Waals surface area contributed by atoms with Gasteiger partial charge in [-0.1, -0.05) is 37.7 Å². The summed E-state index contributed by atoms with van der Waals surface area (Å²) in [5, 5.41) is 11.8. The van der Waals surface area contributed by atoms with Gasteiger partial charge in [0.1, 0.15) is 0 Å². The molecule has 0 unspecified atom stereocenters. The molecule has 0 saturated heterocycles. The van der Waals surface area contributed by atoms with E-state index in [1.54, 1.807) is 0 Å². The number of nitrogens with one attached hydrogen (secondary N) is 1. The van der Waals surface area contributed by atoms with Gasteiger partial charge in [0.25, 0.3) is 0 Å². The minimum Gasteiger partial charge on any atom is -0.478 e. The van der Waals surface area contributed by atoms with Crippen molar-refractivity contribution in [3.8, 4) is 0 Å². The maximum atomic E-state index is 10.4. The Kier molecular flexibility index (Phi) is 6.16. The lowest BCUT2D eigenvalue weighted by Gasteiger charge is -2.21. The highest BCUT2D eigenvalue weighted by atomic mass is 16.4. The van der Waals surface area contributed by atoms with Crippen molar-refractivity contribution in [2.45, 2.75) is 45.4 Å². The van der Waals surface area contributed by atoms with E-state index in [1.165, 1.54) is 44.6 Å². The molecule has 0 aromatic rings. The number of carboxylic acid groups (broad SMARTS) is 1. The third kappa shape index (κ3) is 5.91. The molecule has 0 radical (unpaired) electrons. The molecule has 0 heterocycles. The van der Waals surface area contributed by atoms with E-state index in [9.17, 15) is 4.79 Å². The molecule has 3 nitrogen and oxygen atoms in total. The fourth-order valence-electron chi connectivity index (χ4n) is 2.33. The maximum absolute atomic E-state index is 10.4. The zero-order valence-corrected chi connectivity index (χ0v) is 10.2. The van der Waals surface area contributed by atoms with E-state index in [0.29, 0.717) is 6.54 Å². The Hall–Kier alpha value is -0.830. The highest BCUT2D eigenvalue weighted by Crippen LogP contribution is 2.25. The average Bonchev–Trinajstić information content (AvgIpc) is 2.25. The van der Waals surface area contributed by atoms with Gasteiger partial charge in [-0.25, -0.2) is 4.79 Å². The second kappa shape index (κ2) is 7.44. The van der Waals surface area contributed by atoms with Gasteiger partial charge in [-0.2, -0.15) is 0 Å². The zero-order valence-electron chi connectivity index (χ0n) is 10.2. The van der Waals surface area contributed by atoms with Crippen LogP contribution in [0, 0.1) is 5.92 Å². The van der Waals surface area contributed by atoms with Crippen molar-refractivity contribution >= 4 is 5.97 Å². The Labute approximate surface area is 97.9 Å². The molecule has 0 aromatic carbocycles. The molecular formula is C13H23NO2. The van der Waals surface area contributed by atoms with Crippen molar-refractivity contribution in [3.63, 3.8) is 0 Å². The van der Waals surface area contributed by atoms with Crippen LogP contribution in [0.1, 0.15) is 45.4 Å². The molecule has 16 heavy (non-hydrogen) atoms. The summed E-state index contributed by atoms with van der Waals surface area (Å²) in [6.07, 6.45) is 9.46. The van der Waals surface area contributed by atoms with Crippen LogP contribution in [0.5, 0.6) is 0 Å². The Morgan fingerprint density at radius 1 is 1.38 bits per heavy atom. The molecule has 1 aliphatic carbocycles. The highest BCUT2D eigenvalue weighted by molar-refractivity contribution is 5.80. The van der Waals surface area contributed by atoms with Crippen LogP contribution >= 0.6 is 0 Å². The van der Waals surface area contributed by atoms with Gasteiger partial charge in [0, 0.05) is 12.6 Å². The quantitative estimate of drug-likeness (QED) is 0.539. The molecule has 1 rings (SSSR count). The van der Waals surface area contributed by atoms with Gasteiger partial charge in [-0.3, -0.25) is 0 Å². The summed E-state index contributed by atoms with van der Waals surface area (Å²) in [7, 11) is 0. The number of rotatable bonds is 6. The van der Waals surface area contributed by atoms with E-state index in [0.717, 1.165) is 18.0 Å². The van der Waals surface area contributed by atoms with Crippen LogP contribution in [0.4, 0.5) is 0 Å². The van der Waals surface area contributed by atoms with Crippen molar-refractivity contribution in [2.24, 2.45) is 5.92 Å². The minimum atomic E-state index is -0.855. The minimum absolute atomic E-state index is 0.693. The first kappa shape index (κ1) is 13.2. The van der Waals surface area contributed by atoms with Gasteiger partial charge in [0.2, 0.25) is 0 Å². The third-order valence-corrected chi connectivity index (χ3v) is 3.23. The molecule has 1 saturated carbocycles. The van der Waals surface area contributed by atoms with E-state index in [1.807, 2.05) is 6.92 Å². The number of carbonyl (C=O) groups is 1. The van der Waals surface area contributed by atoms with Crippen LogP contribution in [0.2, 0.25) is 0 Å². The number of aliphatic carboxylic acids is 1. The Bertz CT molecular complexity index is 242. The van der Waals surface area contributed by atoms with Gasteiger partial charge in [0.15, 0.2) is 0 Å². The molecule has 0 aliphatic heterocycles. The van der Waals surface area contributed by atoms with Gasteiger partial charge in [-0.05, 0) is 25.8 Å². The lowest BCUT2D eigenvalue weighted by atomic mass is 9.87. The highest BCUT2D eigenvalue weighted by Gasteiger charge is 2.12. The van der Waals surface area contributed by atoms with Crippen LogP contribution in [0.25, 0.3) is 0 Å². The first-order chi connectivity index (χ1) is 7.68. The van der Waals surface area contributed by atoms with Gasteiger partial charge < -0.3 is 10.4 Å². The van der Waals surface area contributed by atoms with Crippen molar-refractivity contribution < 1.29 is 9.90 Å². The Morgan fingerprint density at radius 3 is 2.69 bits per heavy atom. The standard InChI is InChI=1S/C13H23NO2/c1-11(9-13(15)16)10-14-8-7-12-5-3-2-4-6-12/h9,12,14H,2-8,10H2,1H3,(H,15,16). The van der Waals surface area contributed by atoms with E-state index in [4.69, 9.17) is 5.11 Å². The summed E-state index contributed by atoms with van der Waals surface area (Å²) in [6, 6.07) is 0. The summed E-state index contributed by atoms with van der Waals surface area (Å²) >= 11 is 0. The lowest BCUT2D eigenvalue weighted by molar-refractivity contribution is -0.131. The van der Waals surface area contributed by atoms with Crippen molar-refractivity contribution in [3.05, 3.63) is 11.6 Å². The fraction of sp³-hybridized carbons (Fsp3) is 0.769. The second-order valence-electron chi connectivity index (χ2n) is 4.80. The largest absolute Gasteiger partial charge is 0.478 e. The summed E-state index contributed by atoms with van der Waals surface area (Å²) in [5.41, 5.74) is 0.885. The molecule has 1 fully saturated rings. The van der Waals surface area contributed by atoms with E-state index in [-0.39, 0.29) is 0 Å². The molecule has 3 heteroatoms. The monoisotopic (exact) mass is 225 g/mol. The van der Waals surface area contributed by atoms with Crippen LogP contribution < -0.4 is 5.32 Å². The molecule has 0 bridgehead atoms. The van der Waals surface area contributed by atoms with Crippen molar-refractivity contribution in [1.82, 2.24) is 5.32 Å². The molecule has 1 aliphatic rings. The average molecular weight is 225 g/mol. The lowest BCUT2D eigenvalue weighted by Crippen LogP contribution is -2.21. The van der Waals surface area contributed by atoms with Crippen LogP contribution in [0.15, 0.2) is 11.6 Å². The SMILES string of the molecule is CC(=CC(=O)O)CNCCC1CCCCC1. The third-order valence-electron chi connectivity index (χ3n) is 3.23. The molecule has 0 amide bonds. The van der Waals surface area contributed by atoms with E-state index < -0.39 is 5.97 Å². The fourth-order valence-corrected chi connectivity index (χ4v) is 2.33. The number of hydrogen-bond acceptors (Lipinski definition) is 2. The summed E-state index contributed by atoms with van der Waals surface area (Å²) in [5.74, 6) is 0.0385. The van der Waals surface area contributed by atoms with Crippen molar-refractivity contribution in [1.29, 1.82) is 0 Å². The van der Waals surface area contributed by atoms with E-state index >= 15 is 0 Å². The molecule has 0 aromatic heterocycles. The molecule has 92 valence electrons. The first-order valence-corrected chi connectivity index (χ1v) is 6.29. The van der Waals surface area contributed by atoms with Gasteiger partial charge in [-0.15, -0.1) is 0 Å². The Balaban J connectivity index is 2.04. The predicted octanol–water partition coefficient (Wildman–Crippen LogP) is 2.58. The summed E-state index contributed by atoms with van der Waals surface area (Å²) in [6.45, 7) is 3.55. The van der Waals surface area contributed by atoms with Crippen LogP contribution in [-0.2, 0) is 4.79 Å². The molecule has 0 atom stereocenters. The first-order valence-electron chi connectivity index (χ1n) is 6.29. The number of carboxylic acids is 1. The normalized spacial score (nSPS) is 18.7. The molecule has 2 N–H and O–H groups in total.